The molecule has 0 amide bonds. The van der Waals surface area contributed by atoms with Crippen molar-refractivity contribution < 1.29 is 28.8 Å². The summed E-state index contributed by atoms with van der Waals surface area (Å²) in [5.41, 5.74) is 0. The van der Waals surface area contributed by atoms with Crippen LogP contribution in [0.3, 0.4) is 0 Å². The summed E-state index contributed by atoms with van der Waals surface area (Å²) in [7, 11) is -13.4. The average Bonchev–Trinajstić information content (AvgIpc) is 2.99. The van der Waals surface area contributed by atoms with Crippen molar-refractivity contribution in [3.63, 3.8) is 0 Å². The minimum atomic E-state index is -1.91. The van der Waals surface area contributed by atoms with E-state index in [1.807, 2.05) is 0 Å². The van der Waals surface area contributed by atoms with Crippen LogP contribution in [0.1, 0.15) is 138 Å². The van der Waals surface area contributed by atoms with E-state index in [0.29, 0.717) is 0 Å². The van der Waals surface area contributed by atoms with Crippen molar-refractivity contribution in [2.24, 2.45) is 0 Å². The van der Waals surface area contributed by atoms with E-state index in [-0.39, 0.29) is 0 Å². The van der Waals surface area contributed by atoms with E-state index in [9.17, 15) is 0 Å². The summed E-state index contributed by atoms with van der Waals surface area (Å²) in [6.45, 7) is 15.9. The van der Waals surface area contributed by atoms with E-state index >= 15 is 0 Å². The molecule has 0 aromatic carbocycles. The molecule has 1 saturated heterocycles. The van der Waals surface area contributed by atoms with Gasteiger partial charge in [0.1, 0.15) is 0 Å². The topological polar surface area (TPSA) is 64.6 Å². The Morgan fingerprint density at radius 3 is 0.452 bits per heavy atom. The summed E-state index contributed by atoms with van der Waals surface area (Å²) in [6.07, 6.45) is 16.3. The Kier molecular flexibility index (Phi) is 28.0. The van der Waals surface area contributed by atoms with Crippen LogP contribution in [0.25, 0.3) is 0 Å². The molecule has 0 aliphatic carbocycles. The van der Waals surface area contributed by atoms with Crippen LogP contribution in [-0.2, 0) is 28.8 Å². The van der Waals surface area contributed by atoms with Gasteiger partial charge < -0.3 is 28.8 Å². The van der Waals surface area contributed by atoms with Gasteiger partial charge in [-0.15, -0.1) is 0 Å². The molecular weight excluding hydrogens is 645 g/mol. The molecular formula is C28H70O7Si7. The third kappa shape index (κ3) is 20.4. The Bertz CT molecular complexity index is 451. The number of unbranched alkanes of at least 4 members (excludes halogenated alkanes) is 7. The summed E-state index contributed by atoms with van der Waals surface area (Å²) < 4.78 is 49.2. The summed E-state index contributed by atoms with van der Waals surface area (Å²) >= 11 is 0. The third-order valence-electron chi connectivity index (χ3n) is 7.68. The molecule has 42 heavy (non-hydrogen) atoms. The monoisotopic (exact) mass is 714 g/mol. The molecule has 0 atom stereocenters. The first-order chi connectivity index (χ1) is 20.5. The van der Waals surface area contributed by atoms with Gasteiger partial charge in [-0.05, 0) is 42.3 Å². The lowest BCUT2D eigenvalue weighted by molar-refractivity contribution is 0.277. The summed E-state index contributed by atoms with van der Waals surface area (Å²) in [5, 5.41) is 0. The normalized spacial score (nSPS) is 28.5. The van der Waals surface area contributed by atoms with Gasteiger partial charge in [0, 0.05) is 0 Å². The van der Waals surface area contributed by atoms with Crippen molar-refractivity contribution in [2.45, 2.75) is 181 Å². The molecule has 0 unspecified atom stereocenters. The maximum absolute atomic E-state index is 7.03. The second-order valence-electron chi connectivity index (χ2n) is 12.0. The van der Waals surface area contributed by atoms with Gasteiger partial charge in [0.25, 0.3) is 0 Å². The predicted molar refractivity (Wildman–Crippen MR) is 196 cm³/mol. The smallest absolute Gasteiger partial charge is 0.303 e. The average molecular weight is 715 g/mol. The van der Waals surface area contributed by atoms with Crippen LogP contribution in [0.5, 0.6) is 0 Å². The van der Waals surface area contributed by atoms with E-state index in [0.717, 1.165) is 87.3 Å². The molecule has 1 rings (SSSR count). The molecule has 1 fully saturated rings. The molecule has 7 nitrogen and oxygen atoms in total. The second kappa shape index (κ2) is 28.5. The molecule has 0 N–H and O–H groups in total. The molecule has 1 aliphatic heterocycles. The van der Waals surface area contributed by atoms with Crippen molar-refractivity contribution >= 4 is 65.0 Å². The molecule has 0 radical (unpaired) electrons. The van der Waals surface area contributed by atoms with Gasteiger partial charge in [-0.1, -0.05) is 138 Å². The standard InChI is InChI=1S/C28H70O7Si7/c1-8-15-22-36-29-37(23-16-9-2)31-39(25-18-11-4)33-41(27-20-13-6)35-42(28-21-14-7)34-40(26-19-12-5)32-38(30-36)24-17-10-3/h36-42H,8-28H2,1-7H3. The van der Waals surface area contributed by atoms with E-state index in [1.54, 1.807) is 0 Å². The first kappa shape index (κ1) is 41.3. The van der Waals surface area contributed by atoms with Crippen molar-refractivity contribution in [3.8, 4) is 0 Å². The number of hydrogen-bond donors (Lipinski definition) is 0. The van der Waals surface area contributed by atoms with Crippen LogP contribution in [-0.4, -0.2) is 65.0 Å². The molecule has 14 heteroatoms. The highest BCUT2D eigenvalue weighted by atomic mass is 28.5. The molecule has 1 aliphatic rings. The van der Waals surface area contributed by atoms with Crippen molar-refractivity contribution in [3.05, 3.63) is 0 Å². The summed E-state index contributed by atoms with van der Waals surface area (Å²) in [6, 6.07) is 7.41. The van der Waals surface area contributed by atoms with Crippen molar-refractivity contribution in [1.29, 1.82) is 0 Å². The van der Waals surface area contributed by atoms with Crippen LogP contribution in [0, 0.1) is 0 Å². The third-order valence-corrected chi connectivity index (χ3v) is 30.8. The first-order valence-electron chi connectivity index (χ1n) is 18.1. The molecule has 0 saturated carbocycles. The fourth-order valence-corrected chi connectivity index (χ4v) is 33.1. The second-order valence-corrected chi connectivity index (χ2v) is 29.6. The van der Waals surface area contributed by atoms with Crippen molar-refractivity contribution in [1.82, 2.24) is 0 Å². The summed E-state index contributed by atoms with van der Waals surface area (Å²) in [4.78, 5) is 0. The number of rotatable bonds is 21. The van der Waals surface area contributed by atoms with Crippen LogP contribution >= 0.6 is 0 Å². The SMILES string of the molecule is CCCC[SiH]1O[SiH](CCCC)O[SiH](CCCC)O[SiH](CCCC)O[SiH](CCCC)O[SiH](CCCC)O[SiH](CCCC)O1. The molecule has 1 heterocycles. The highest BCUT2D eigenvalue weighted by Gasteiger charge is 2.34. The van der Waals surface area contributed by atoms with Crippen molar-refractivity contribution in [2.75, 3.05) is 0 Å². The van der Waals surface area contributed by atoms with Crippen LogP contribution in [0.4, 0.5) is 0 Å². The Balaban J connectivity index is 3.46. The molecule has 0 aromatic rings. The van der Waals surface area contributed by atoms with Gasteiger partial charge in [0.05, 0.1) is 0 Å². The lowest BCUT2D eigenvalue weighted by atomic mass is 10.4. The number of hydrogen-bond acceptors (Lipinski definition) is 7. The molecule has 0 bridgehead atoms. The lowest BCUT2D eigenvalue weighted by Gasteiger charge is -2.34. The van der Waals surface area contributed by atoms with E-state index in [2.05, 4.69) is 48.5 Å². The Morgan fingerprint density at radius 1 is 0.238 bits per heavy atom. The van der Waals surface area contributed by atoms with Crippen LogP contribution in [0.15, 0.2) is 0 Å². The van der Waals surface area contributed by atoms with Crippen LogP contribution < -0.4 is 0 Å². The molecule has 0 spiro atoms. The molecule has 0 aromatic heterocycles. The van der Waals surface area contributed by atoms with Gasteiger partial charge in [-0.3, -0.25) is 0 Å². The quantitative estimate of drug-likeness (QED) is 0.116. The lowest BCUT2D eigenvalue weighted by Crippen LogP contribution is -2.48. The predicted octanol–water partition coefficient (Wildman–Crippen LogP) is 7.26. The van der Waals surface area contributed by atoms with Crippen LogP contribution in [0.2, 0.25) is 42.3 Å². The van der Waals surface area contributed by atoms with Gasteiger partial charge in [0.2, 0.25) is 0 Å². The zero-order valence-electron chi connectivity index (χ0n) is 28.7. The molecule has 252 valence electrons. The van der Waals surface area contributed by atoms with E-state index in [1.165, 1.54) is 44.9 Å². The van der Waals surface area contributed by atoms with Gasteiger partial charge >= 0.3 is 65.0 Å². The van der Waals surface area contributed by atoms with Gasteiger partial charge in [-0.2, -0.15) is 0 Å². The van der Waals surface area contributed by atoms with Gasteiger partial charge in [-0.25, -0.2) is 0 Å². The minimum absolute atomic E-state index is 1.06. The Hall–Kier alpha value is 1.24. The fraction of sp³-hybridized carbons (Fsp3) is 1.00. The maximum Gasteiger partial charge on any atom is 0.303 e. The highest BCUT2D eigenvalue weighted by molar-refractivity contribution is 6.74. The summed E-state index contributed by atoms with van der Waals surface area (Å²) in [5.74, 6) is 0. The highest BCUT2D eigenvalue weighted by Crippen LogP contribution is 2.22. The van der Waals surface area contributed by atoms with Gasteiger partial charge in [0.15, 0.2) is 0 Å². The first-order valence-corrected chi connectivity index (χ1v) is 30.4. The Morgan fingerprint density at radius 2 is 0.357 bits per heavy atom. The minimum Gasteiger partial charge on any atom is -0.420 e. The van der Waals surface area contributed by atoms with E-state index < -0.39 is 65.0 Å². The zero-order valence-corrected chi connectivity index (χ0v) is 36.8. The van der Waals surface area contributed by atoms with E-state index in [4.69, 9.17) is 28.8 Å². The fourth-order valence-electron chi connectivity index (χ4n) is 4.96. The maximum atomic E-state index is 7.03. The zero-order chi connectivity index (χ0) is 30.8. The Labute approximate surface area is 273 Å². The largest absolute Gasteiger partial charge is 0.420 e.